The summed E-state index contributed by atoms with van der Waals surface area (Å²) in [5.41, 5.74) is 2.62. The third kappa shape index (κ3) is 3.42. The van der Waals surface area contributed by atoms with E-state index in [0.29, 0.717) is 16.9 Å². The largest absolute Gasteiger partial charge is 0.506 e. The van der Waals surface area contributed by atoms with Gasteiger partial charge in [0.1, 0.15) is 11.4 Å². The van der Waals surface area contributed by atoms with Gasteiger partial charge in [-0.3, -0.25) is 10.1 Å². The maximum atomic E-state index is 10.7. The second-order valence-electron chi connectivity index (χ2n) is 4.60. The third-order valence-corrected chi connectivity index (χ3v) is 3.10. The van der Waals surface area contributed by atoms with Gasteiger partial charge in [0.25, 0.3) is 5.69 Å². The van der Waals surface area contributed by atoms with Crippen LogP contribution in [-0.4, -0.2) is 10.0 Å². The van der Waals surface area contributed by atoms with E-state index in [0.717, 1.165) is 12.0 Å². The molecule has 0 saturated heterocycles. The molecule has 0 aromatic heterocycles. The van der Waals surface area contributed by atoms with Crippen molar-refractivity contribution < 1.29 is 10.0 Å². The maximum Gasteiger partial charge on any atom is 0.269 e. The first-order chi connectivity index (χ1) is 10.0. The topological polar surface area (TPSA) is 88.1 Å². The first-order valence-electron chi connectivity index (χ1n) is 6.50. The molecule has 0 atom stereocenters. The molecule has 0 heterocycles. The van der Waals surface area contributed by atoms with E-state index in [1.165, 1.54) is 18.2 Å². The number of azo groups is 1. The molecule has 2 rings (SSSR count). The Balaban J connectivity index is 2.31. The van der Waals surface area contributed by atoms with E-state index < -0.39 is 4.92 Å². The minimum atomic E-state index is -0.454. The van der Waals surface area contributed by atoms with E-state index in [1.54, 1.807) is 19.1 Å². The van der Waals surface area contributed by atoms with Crippen LogP contribution in [0.2, 0.25) is 0 Å². The molecular weight excluding hydrogens is 270 g/mol. The Morgan fingerprint density at radius 3 is 2.48 bits per heavy atom. The number of hydrogen-bond acceptors (Lipinski definition) is 5. The molecule has 6 nitrogen and oxygen atoms in total. The smallest absolute Gasteiger partial charge is 0.269 e. The highest BCUT2D eigenvalue weighted by Crippen LogP contribution is 2.31. The number of phenols is 1. The molecule has 6 heteroatoms. The number of aryl methyl sites for hydroxylation is 2. The monoisotopic (exact) mass is 285 g/mol. The van der Waals surface area contributed by atoms with Gasteiger partial charge in [-0.15, -0.1) is 5.11 Å². The van der Waals surface area contributed by atoms with Crippen molar-refractivity contribution >= 4 is 17.1 Å². The molecule has 0 saturated carbocycles. The van der Waals surface area contributed by atoms with Gasteiger partial charge < -0.3 is 5.11 Å². The lowest BCUT2D eigenvalue weighted by Gasteiger charge is -2.02. The summed E-state index contributed by atoms with van der Waals surface area (Å²) in [6, 6.07) is 9.53. The number of benzene rings is 2. The Morgan fingerprint density at radius 2 is 1.86 bits per heavy atom. The minimum absolute atomic E-state index is 0.0160. The van der Waals surface area contributed by atoms with E-state index in [-0.39, 0.29) is 11.4 Å². The van der Waals surface area contributed by atoms with Crippen LogP contribution in [0.25, 0.3) is 0 Å². The number of non-ortho nitro benzene ring substituents is 1. The number of aromatic hydroxyl groups is 1. The summed E-state index contributed by atoms with van der Waals surface area (Å²) >= 11 is 0. The molecule has 0 radical (unpaired) electrons. The zero-order valence-electron chi connectivity index (χ0n) is 11.8. The lowest BCUT2D eigenvalue weighted by atomic mass is 10.1. The highest BCUT2D eigenvalue weighted by Gasteiger charge is 2.08. The zero-order valence-corrected chi connectivity index (χ0v) is 11.8. The lowest BCUT2D eigenvalue weighted by Crippen LogP contribution is -1.87. The Morgan fingerprint density at radius 1 is 1.14 bits per heavy atom. The van der Waals surface area contributed by atoms with E-state index in [4.69, 9.17) is 0 Å². The standard InChI is InChI=1S/C15H15N3O3/c1-3-11-4-7-15(19)14(9-11)17-16-13-6-5-12(18(20)21)8-10(13)2/h4-9,19H,3H2,1-2H3. The fourth-order valence-electron chi connectivity index (χ4n) is 1.84. The van der Waals surface area contributed by atoms with Crippen LogP contribution in [0.5, 0.6) is 5.75 Å². The van der Waals surface area contributed by atoms with Crippen LogP contribution in [0.15, 0.2) is 46.6 Å². The summed E-state index contributed by atoms with van der Waals surface area (Å²) in [5.74, 6) is 0.0514. The molecule has 108 valence electrons. The zero-order chi connectivity index (χ0) is 15.4. The van der Waals surface area contributed by atoms with Crippen LogP contribution < -0.4 is 0 Å². The highest BCUT2D eigenvalue weighted by atomic mass is 16.6. The summed E-state index contributed by atoms with van der Waals surface area (Å²) in [4.78, 5) is 10.2. The number of phenolic OH excluding ortho intramolecular Hbond substituents is 1. The number of rotatable bonds is 4. The molecule has 0 unspecified atom stereocenters. The Hall–Kier alpha value is -2.76. The normalized spacial score (nSPS) is 11.0. The van der Waals surface area contributed by atoms with Crippen LogP contribution in [-0.2, 0) is 6.42 Å². The van der Waals surface area contributed by atoms with Gasteiger partial charge in [0, 0.05) is 12.1 Å². The van der Waals surface area contributed by atoms with Crippen molar-refractivity contribution in [1.29, 1.82) is 0 Å². The predicted molar refractivity (Wildman–Crippen MR) is 79.5 cm³/mol. The second-order valence-corrected chi connectivity index (χ2v) is 4.60. The summed E-state index contributed by atoms with van der Waals surface area (Å²) in [7, 11) is 0. The number of nitrogens with zero attached hydrogens (tertiary/aromatic N) is 3. The molecule has 0 fully saturated rings. The molecule has 2 aromatic rings. The first-order valence-corrected chi connectivity index (χ1v) is 6.50. The van der Waals surface area contributed by atoms with Crippen molar-refractivity contribution in [2.75, 3.05) is 0 Å². The van der Waals surface area contributed by atoms with E-state index in [1.807, 2.05) is 13.0 Å². The van der Waals surface area contributed by atoms with Crippen molar-refractivity contribution in [3.63, 3.8) is 0 Å². The molecule has 2 aromatic carbocycles. The van der Waals surface area contributed by atoms with Crippen LogP contribution in [0.4, 0.5) is 17.1 Å². The van der Waals surface area contributed by atoms with E-state index in [2.05, 4.69) is 10.2 Å². The quantitative estimate of drug-likeness (QED) is 0.506. The van der Waals surface area contributed by atoms with Crippen molar-refractivity contribution in [2.24, 2.45) is 10.2 Å². The summed E-state index contributed by atoms with van der Waals surface area (Å²) in [6.45, 7) is 3.73. The van der Waals surface area contributed by atoms with E-state index in [9.17, 15) is 15.2 Å². The Bertz CT molecular complexity index is 711. The van der Waals surface area contributed by atoms with Crippen molar-refractivity contribution in [3.8, 4) is 5.75 Å². The summed E-state index contributed by atoms with van der Waals surface area (Å²) in [5, 5.41) is 28.5. The van der Waals surface area contributed by atoms with Gasteiger partial charge in [-0.2, -0.15) is 5.11 Å². The third-order valence-electron chi connectivity index (χ3n) is 3.10. The van der Waals surface area contributed by atoms with Gasteiger partial charge in [-0.1, -0.05) is 13.0 Å². The molecular formula is C15H15N3O3. The molecule has 21 heavy (non-hydrogen) atoms. The fourth-order valence-corrected chi connectivity index (χ4v) is 1.84. The van der Waals surface area contributed by atoms with Gasteiger partial charge >= 0.3 is 0 Å². The van der Waals surface area contributed by atoms with Crippen molar-refractivity contribution in [3.05, 3.63) is 57.6 Å². The molecule has 0 amide bonds. The van der Waals surface area contributed by atoms with Crippen LogP contribution in [0.3, 0.4) is 0 Å². The maximum absolute atomic E-state index is 10.7. The van der Waals surface area contributed by atoms with Gasteiger partial charge in [-0.25, -0.2) is 0 Å². The molecule has 0 aliphatic carbocycles. The van der Waals surface area contributed by atoms with Gasteiger partial charge in [-0.05, 0) is 42.7 Å². The van der Waals surface area contributed by atoms with Crippen LogP contribution in [0.1, 0.15) is 18.1 Å². The minimum Gasteiger partial charge on any atom is -0.506 e. The predicted octanol–water partition coefficient (Wildman–Crippen LogP) is 4.59. The fraction of sp³-hybridized carbons (Fsp3) is 0.200. The molecule has 0 spiro atoms. The van der Waals surface area contributed by atoms with Crippen molar-refractivity contribution in [2.45, 2.75) is 20.3 Å². The average Bonchev–Trinajstić information content (AvgIpc) is 2.47. The Kier molecular flexibility index (Phi) is 4.27. The highest BCUT2D eigenvalue weighted by molar-refractivity contribution is 5.54. The molecule has 0 aliphatic heterocycles. The summed E-state index contributed by atoms with van der Waals surface area (Å²) < 4.78 is 0. The Labute approximate surface area is 121 Å². The van der Waals surface area contributed by atoms with Crippen LogP contribution in [0, 0.1) is 17.0 Å². The van der Waals surface area contributed by atoms with Crippen LogP contribution >= 0.6 is 0 Å². The molecule has 0 aliphatic rings. The molecule has 1 N–H and O–H groups in total. The SMILES string of the molecule is CCc1ccc(O)c(N=Nc2ccc([N+](=O)[O-])cc2C)c1. The first kappa shape index (κ1) is 14.6. The number of nitro groups is 1. The van der Waals surface area contributed by atoms with E-state index >= 15 is 0 Å². The average molecular weight is 285 g/mol. The number of hydrogen-bond donors (Lipinski definition) is 1. The van der Waals surface area contributed by atoms with Gasteiger partial charge in [0.15, 0.2) is 0 Å². The van der Waals surface area contributed by atoms with Crippen molar-refractivity contribution in [1.82, 2.24) is 0 Å². The summed E-state index contributed by atoms with van der Waals surface area (Å²) in [6.07, 6.45) is 0.833. The number of nitro benzene ring substituents is 1. The second kappa shape index (κ2) is 6.13. The molecule has 0 bridgehead atoms. The lowest BCUT2D eigenvalue weighted by molar-refractivity contribution is -0.384. The van der Waals surface area contributed by atoms with Gasteiger partial charge in [0.05, 0.1) is 10.6 Å². The van der Waals surface area contributed by atoms with Gasteiger partial charge in [0.2, 0.25) is 0 Å².